The van der Waals surface area contributed by atoms with Gasteiger partial charge in [-0.1, -0.05) is 12.8 Å². The number of nitrogens with one attached hydrogen (secondary N) is 1. The molecule has 0 aliphatic rings. The molecule has 0 saturated carbocycles. The van der Waals surface area contributed by atoms with Crippen molar-refractivity contribution in [1.82, 2.24) is 10.2 Å². The van der Waals surface area contributed by atoms with Crippen molar-refractivity contribution in [3.63, 3.8) is 0 Å². The highest BCUT2D eigenvalue weighted by atomic mass is 19.4. The van der Waals surface area contributed by atoms with Gasteiger partial charge in [-0.05, 0) is 6.42 Å². The third-order valence-electron chi connectivity index (χ3n) is 1.50. The van der Waals surface area contributed by atoms with Crippen LogP contribution in [-0.2, 0) is 0 Å². The molecule has 2 amide bonds. The number of rotatable bonds is 4. The maximum absolute atomic E-state index is 11.8. The van der Waals surface area contributed by atoms with Gasteiger partial charge in [0.15, 0.2) is 0 Å². The van der Waals surface area contributed by atoms with Gasteiger partial charge in [0.05, 0.1) is 6.54 Å². The van der Waals surface area contributed by atoms with E-state index in [1.54, 1.807) is 12.2 Å². The molecule has 0 atom stereocenters. The lowest BCUT2D eigenvalue weighted by molar-refractivity contribution is -0.123. The van der Waals surface area contributed by atoms with Crippen molar-refractivity contribution in [3.05, 3.63) is 0 Å². The average Bonchev–Trinajstić information content (AvgIpc) is 2.13. The lowest BCUT2D eigenvalue weighted by Gasteiger charge is -2.20. The number of terminal acetylenes is 1. The molecular formula is C9H13F3N2O. The van der Waals surface area contributed by atoms with E-state index >= 15 is 0 Å². The van der Waals surface area contributed by atoms with Crippen LogP contribution in [0.2, 0.25) is 0 Å². The molecule has 0 aromatic carbocycles. The fraction of sp³-hybridized carbons (Fsp3) is 0.667. The van der Waals surface area contributed by atoms with Crippen molar-refractivity contribution in [1.29, 1.82) is 0 Å². The summed E-state index contributed by atoms with van der Waals surface area (Å²) in [5.74, 6) is 2.21. The molecule has 0 saturated heterocycles. The minimum Gasteiger partial charge on any atom is -0.329 e. The van der Waals surface area contributed by atoms with Crippen LogP contribution in [0.3, 0.4) is 0 Å². The smallest absolute Gasteiger partial charge is 0.329 e. The van der Waals surface area contributed by atoms with Crippen LogP contribution in [0, 0.1) is 12.3 Å². The van der Waals surface area contributed by atoms with Gasteiger partial charge in [0, 0.05) is 6.54 Å². The Bertz CT molecular complexity index is 245. The van der Waals surface area contributed by atoms with Gasteiger partial charge in [-0.2, -0.15) is 13.2 Å². The first-order chi connectivity index (χ1) is 6.90. The molecule has 0 spiro atoms. The number of amides is 2. The first-order valence-electron chi connectivity index (χ1n) is 4.43. The zero-order valence-electron chi connectivity index (χ0n) is 8.40. The molecule has 0 fully saturated rings. The Labute approximate surface area is 86.6 Å². The molecule has 0 heterocycles. The third kappa shape index (κ3) is 6.66. The highest BCUT2D eigenvalue weighted by molar-refractivity contribution is 5.74. The van der Waals surface area contributed by atoms with E-state index in [0.717, 1.165) is 4.90 Å². The Morgan fingerprint density at radius 2 is 2.13 bits per heavy atom. The Morgan fingerprint density at radius 1 is 1.53 bits per heavy atom. The molecule has 6 heteroatoms. The van der Waals surface area contributed by atoms with Crippen LogP contribution >= 0.6 is 0 Å². The zero-order chi connectivity index (χ0) is 11.9. The molecule has 0 aromatic heterocycles. The SMILES string of the molecule is C#CCN(CCC)C(=O)NCC(F)(F)F. The summed E-state index contributed by atoms with van der Waals surface area (Å²) in [4.78, 5) is 12.3. The molecule has 3 nitrogen and oxygen atoms in total. The van der Waals surface area contributed by atoms with Crippen LogP contribution in [0.15, 0.2) is 0 Å². The molecule has 0 aromatic rings. The summed E-state index contributed by atoms with van der Waals surface area (Å²) in [6.07, 6.45) is 1.23. The first-order valence-corrected chi connectivity index (χ1v) is 4.43. The van der Waals surface area contributed by atoms with Crippen LogP contribution in [-0.4, -0.2) is 36.7 Å². The largest absolute Gasteiger partial charge is 0.405 e. The van der Waals surface area contributed by atoms with Gasteiger partial charge >= 0.3 is 12.2 Å². The topological polar surface area (TPSA) is 32.3 Å². The van der Waals surface area contributed by atoms with E-state index in [-0.39, 0.29) is 6.54 Å². The van der Waals surface area contributed by atoms with Gasteiger partial charge in [0.1, 0.15) is 6.54 Å². The molecule has 86 valence electrons. The van der Waals surface area contributed by atoms with Crippen molar-refractivity contribution in [3.8, 4) is 12.3 Å². The standard InChI is InChI=1S/C9H13F3N2O/c1-3-5-14(6-4-2)8(15)13-7-9(10,11)12/h1H,4-7H2,2H3,(H,13,15). The zero-order valence-corrected chi connectivity index (χ0v) is 8.40. The molecule has 0 bridgehead atoms. The summed E-state index contributed by atoms with van der Waals surface area (Å²) < 4.78 is 35.3. The van der Waals surface area contributed by atoms with Crippen molar-refractivity contribution in [2.24, 2.45) is 0 Å². The Balaban J connectivity index is 4.09. The lowest BCUT2D eigenvalue weighted by atomic mass is 10.4. The second-order valence-electron chi connectivity index (χ2n) is 2.90. The molecule has 0 rings (SSSR count). The normalized spacial score (nSPS) is 10.6. The summed E-state index contributed by atoms with van der Waals surface area (Å²) >= 11 is 0. The van der Waals surface area contributed by atoms with Gasteiger partial charge < -0.3 is 10.2 Å². The quantitative estimate of drug-likeness (QED) is 0.720. The van der Waals surface area contributed by atoms with Crippen molar-refractivity contribution in [2.45, 2.75) is 19.5 Å². The van der Waals surface area contributed by atoms with Crippen molar-refractivity contribution in [2.75, 3.05) is 19.6 Å². The summed E-state index contributed by atoms with van der Waals surface area (Å²) in [5, 5.41) is 1.76. The van der Waals surface area contributed by atoms with E-state index in [2.05, 4.69) is 5.92 Å². The van der Waals surface area contributed by atoms with Crippen LogP contribution in [0.1, 0.15) is 13.3 Å². The summed E-state index contributed by atoms with van der Waals surface area (Å²) in [5.41, 5.74) is 0. The molecule has 0 radical (unpaired) electrons. The molecular weight excluding hydrogens is 209 g/mol. The Morgan fingerprint density at radius 3 is 2.53 bits per heavy atom. The third-order valence-corrected chi connectivity index (χ3v) is 1.50. The molecule has 0 aliphatic carbocycles. The predicted molar refractivity (Wildman–Crippen MR) is 50.2 cm³/mol. The van der Waals surface area contributed by atoms with Crippen molar-refractivity contribution < 1.29 is 18.0 Å². The van der Waals surface area contributed by atoms with E-state index in [4.69, 9.17) is 6.42 Å². The van der Waals surface area contributed by atoms with Gasteiger partial charge in [0.25, 0.3) is 0 Å². The number of hydrogen-bond donors (Lipinski definition) is 1. The van der Waals surface area contributed by atoms with E-state index in [0.29, 0.717) is 13.0 Å². The number of halogens is 3. The Kier molecular flexibility index (Phi) is 5.60. The number of carbonyl (C=O) groups is 1. The van der Waals surface area contributed by atoms with Gasteiger partial charge in [-0.25, -0.2) is 4.79 Å². The van der Waals surface area contributed by atoms with E-state index < -0.39 is 18.8 Å². The minimum absolute atomic E-state index is 0.0114. The van der Waals surface area contributed by atoms with Crippen LogP contribution in [0.4, 0.5) is 18.0 Å². The molecule has 0 unspecified atom stereocenters. The number of hydrogen-bond acceptors (Lipinski definition) is 1. The van der Waals surface area contributed by atoms with Gasteiger partial charge in [-0.15, -0.1) is 6.42 Å². The fourth-order valence-electron chi connectivity index (χ4n) is 0.920. The fourth-order valence-corrected chi connectivity index (χ4v) is 0.920. The van der Waals surface area contributed by atoms with E-state index in [9.17, 15) is 18.0 Å². The maximum Gasteiger partial charge on any atom is 0.405 e. The summed E-state index contributed by atoms with van der Waals surface area (Å²) in [6, 6.07) is -0.785. The number of alkyl halides is 3. The second-order valence-corrected chi connectivity index (χ2v) is 2.90. The highest BCUT2D eigenvalue weighted by Gasteiger charge is 2.28. The van der Waals surface area contributed by atoms with Crippen LogP contribution in [0.25, 0.3) is 0 Å². The molecule has 15 heavy (non-hydrogen) atoms. The predicted octanol–water partition coefficient (Wildman–Crippen LogP) is 1.60. The lowest BCUT2D eigenvalue weighted by Crippen LogP contribution is -2.44. The first kappa shape index (κ1) is 13.6. The number of nitrogens with zero attached hydrogens (tertiary/aromatic N) is 1. The van der Waals surface area contributed by atoms with Gasteiger partial charge in [-0.3, -0.25) is 0 Å². The van der Waals surface area contributed by atoms with E-state index in [1.165, 1.54) is 0 Å². The molecule has 0 aliphatic heterocycles. The molecule has 1 N–H and O–H groups in total. The van der Waals surface area contributed by atoms with Crippen LogP contribution < -0.4 is 5.32 Å². The number of urea groups is 1. The minimum atomic E-state index is -4.40. The average molecular weight is 222 g/mol. The number of carbonyl (C=O) groups excluding carboxylic acids is 1. The summed E-state index contributed by atoms with van der Waals surface area (Å²) in [6.45, 7) is 0.822. The highest BCUT2D eigenvalue weighted by Crippen LogP contribution is 2.12. The maximum atomic E-state index is 11.8. The van der Waals surface area contributed by atoms with E-state index in [1.807, 2.05) is 0 Å². The monoisotopic (exact) mass is 222 g/mol. The second kappa shape index (κ2) is 6.17. The Hall–Kier alpha value is -1.38. The van der Waals surface area contributed by atoms with Crippen LogP contribution in [0.5, 0.6) is 0 Å². The summed E-state index contributed by atoms with van der Waals surface area (Å²) in [7, 11) is 0. The van der Waals surface area contributed by atoms with Gasteiger partial charge in [0.2, 0.25) is 0 Å². The van der Waals surface area contributed by atoms with Crippen molar-refractivity contribution >= 4 is 6.03 Å².